The summed E-state index contributed by atoms with van der Waals surface area (Å²) in [6.45, 7) is 0.989. The second-order valence-corrected chi connectivity index (χ2v) is 4.88. The summed E-state index contributed by atoms with van der Waals surface area (Å²) >= 11 is 0. The van der Waals surface area contributed by atoms with E-state index in [0.717, 1.165) is 30.8 Å². The maximum Gasteiger partial charge on any atom is 0.138 e. The molecule has 0 bridgehead atoms. The average molecular weight is 254 g/mol. The first-order valence-electron chi connectivity index (χ1n) is 6.80. The quantitative estimate of drug-likeness (QED) is 0.894. The zero-order valence-electron chi connectivity index (χ0n) is 10.9. The maximum atomic E-state index is 9.50. The van der Waals surface area contributed by atoms with Crippen molar-refractivity contribution in [2.75, 3.05) is 11.4 Å². The molecule has 0 unspecified atom stereocenters. The number of aliphatic hydroxyl groups excluding tert-OH is 1. The van der Waals surface area contributed by atoms with Crippen LogP contribution >= 0.6 is 0 Å². The lowest BCUT2D eigenvalue weighted by Crippen LogP contribution is -2.20. The highest BCUT2D eigenvalue weighted by Crippen LogP contribution is 2.32. The topological polar surface area (TPSA) is 36.4 Å². The summed E-state index contributed by atoms with van der Waals surface area (Å²) in [5, 5.41) is 9.50. The van der Waals surface area contributed by atoms with Crippen molar-refractivity contribution in [3.8, 4) is 0 Å². The SMILES string of the molecule is OCc1cccnc1N1CCCCc2ccccc21. The Morgan fingerprint density at radius 3 is 2.89 bits per heavy atom. The van der Waals surface area contributed by atoms with Gasteiger partial charge in [0.1, 0.15) is 5.82 Å². The van der Waals surface area contributed by atoms with Crippen LogP contribution in [0.3, 0.4) is 0 Å². The van der Waals surface area contributed by atoms with Gasteiger partial charge in [0, 0.05) is 24.0 Å². The number of anilines is 2. The first-order chi connectivity index (χ1) is 9.40. The molecule has 0 fully saturated rings. The van der Waals surface area contributed by atoms with Gasteiger partial charge in [0.15, 0.2) is 0 Å². The van der Waals surface area contributed by atoms with E-state index in [1.165, 1.54) is 17.7 Å². The van der Waals surface area contributed by atoms with E-state index >= 15 is 0 Å². The second kappa shape index (κ2) is 5.41. The van der Waals surface area contributed by atoms with Crippen LogP contribution in [0.5, 0.6) is 0 Å². The number of rotatable bonds is 2. The smallest absolute Gasteiger partial charge is 0.138 e. The number of fused-ring (bicyclic) bond motifs is 1. The van der Waals surface area contributed by atoms with E-state index in [1.807, 2.05) is 12.1 Å². The summed E-state index contributed by atoms with van der Waals surface area (Å²) in [5.74, 6) is 0.888. The monoisotopic (exact) mass is 254 g/mol. The van der Waals surface area contributed by atoms with E-state index in [4.69, 9.17) is 0 Å². The number of benzene rings is 1. The van der Waals surface area contributed by atoms with Crippen LogP contribution in [0.4, 0.5) is 11.5 Å². The lowest BCUT2D eigenvalue weighted by atomic mass is 10.1. The van der Waals surface area contributed by atoms with Crippen LogP contribution < -0.4 is 4.90 Å². The molecule has 3 heteroatoms. The molecule has 0 amide bonds. The Morgan fingerprint density at radius 1 is 1.11 bits per heavy atom. The minimum atomic E-state index is 0.0296. The van der Waals surface area contributed by atoms with Gasteiger partial charge in [-0.05, 0) is 37.0 Å². The summed E-state index contributed by atoms with van der Waals surface area (Å²) in [6.07, 6.45) is 5.26. The van der Waals surface area contributed by atoms with Gasteiger partial charge in [-0.25, -0.2) is 4.98 Å². The fourth-order valence-corrected chi connectivity index (χ4v) is 2.71. The fourth-order valence-electron chi connectivity index (χ4n) is 2.71. The van der Waals surface area contributed by atoms with Crippen molar-refractivity contribution in [3.05, 3.63) is 53.7 Å². The number of para-hydroxylation sites is 1. The van der Waals surface area contributed by atoms with Crippen LogP contribution in [0.15, 0.2) is 42.6 Å². The van der Waals surface area contributed by atoms with E-state index < -0.39 is 0 Å². The molecule has 0 saturated carbocycles. The van der Waals surface area contributed by atoms with Crippen molar-refractivity contribution < 1.29 is 5.11 Å². The Balaban J connectivity index is 2.09. The van der Waals surface area contributed by atoms with Crippen molar-refractivity contribution in [1.29, 1.82) is 0 Å². The number of hydrogen-bond donors (Lipinski definition) is 1. The Labute approximate surface area is 113 Å². The van der Waals surface area contributed by atoms with Gasteiger partial charge in [-0.3, -0.25) is 0 Å². The molecule has 3 rings (SSSR count). The molecule has 98 valence electrons. The van der Waals surface area contributed by atoms with Gasteiger partial charge in [-0.15, -0.1) is 0 Å². The summed E-state index contributed by atoms with van der Waals surface area (Å²) in [4.78, 5) is 6.72. The number of nitrogens with zero attached hydrogens (tertiary/aromatic N) is 2. The van der Waals surface area contributed by atoms with Crippen LogP contribution in [-0.4, -0.2) is 16.6 Å². The molecule has 1 aromatic carbocycles. The van der Waals surface area contributed by atoms with Gasteiger partial charge in [0.05, 0.1) is 6.61 Å². The van der Waals surface area contributed by atoms with Crippen LogP contribution in [0.1, 0.15) is 24.0 Å². The van der Waals surface area contributed by atoms with Crippen LogP contribution in [0.25, 0.3) is 0 Å². The molecule has 19 heavy (non-hydrogen) atoms. The lowest BCUT2D eigenvalue weighted by Gasteiger charge is -2.25. The summed E-state index contributed by atoms with van der Waals surface area (Å²) in [6, 6.07) is 12.3. The molecular formula is C16H18N2O. The number of hydrogen-bond acceptors (Lipinski definition) is 3. The highest BCUT2D eigenvalue weighted by molar-refractivity contribution is 5.66. The van der Waals surface area contributed by atoms with Gasteiger partial charge >= 0.3 is 0 Å². The van der Waals surface area contributed by atoms with E-state index in [1.54, 1.807) is 6.20 Å². The van der Waals surface area contributed by atoms with Gasteiger partial charge < -0.3 is 10.0 Å². The van der Waals surface area contributed by atoms with E-state index in [2.05, 4.69) is 34.1 Å². The van der Waals surface area contributed by atoms with E-state index in [-0.39, 0.29) is 6.61 Å². The molecule has 1 aliphatic heterocycles. The molecule has 1 N–H and O–H groups in total. The molecule has 2 heterocycles. The largest absolute Gasteiger partial charge is 0.392 e. The third-order valence-electron chi connectivity index (χ3n) is 3.65. The highest BCUT2D eigenvalue weighted by atomic mass is 16.3. The summed E-state index contributed by atoms with van der Waals surface area (Å²) in [7, 11) is 0. The Kier molecular flexibility index (Phi) is 3.47. The van der Waals surface area contributed by atoms with E-state index in [9.17, 15) is 5.11 Å². The molecule has 0 atom stereocenters. The predicted molar refractivity (Wildman–Crippen MR) is 76.5 cm³/mol. The second-order valence-electron chi connectivity index (χ2n) is 4.88. The van der Waals surface area contributed by atoms with Crippen molar-refractivity contribution in [3.63, 3.8) is 0 Å². The molecule has 0 aliphatic carbocycles. The number of aromatic nitrogens is 1. The Hall–Kier alpha value is -1.87. The minimum Gasteiger partial charge on any atom is -0.392 e. The maximum absolute atomic E-state index is 9.50. The number of aryl methyl sites for hydroxylation is 1. The fraction of sp³-hybridized carbons (Fsp3) is 0.312. The molecule has 3 nitrogen and oxygen atoms in total. The molecular weight excluding hydrogens is 236 g/mol. The lowest BCUT2D eigenvalue weighted by molar-refractivity contribution is 0.282. The number of aliphatic hydroxyl groups is 1. The van der Waals surface area contributed by atoms with Gasteiger partial charge in [0.2, 0.25) is 0 Å². The van der Waals surface area contributed by atoms with Crippen LogP contribution in [-0.2, 0) is 13.0 Å². The van der Waals surface area contributed by atoms with Gasteiger partial charge in [-0.1, -0.05) is 24.3 Å². The molecule has 0 saturated heterocycles. The minimum absolute atomic E-state index is 0.0296. The third-order valence-corrected chi connectivity index (χ3v) is 3.65. The molecule has 1 aromatic heterocycles. The van der Waals surface area contributed by atoms with Gasteiger partial charge in [0.25, 0.3) is 0 Å². The van der Waals surface area contributed by atoms with Crippen LogP contribution in [0.2, 0.25) is 0 Å². The molecule has 0 spiro atoms. The third kappa shape index (κ3) is 2.34. The Bertz CT molecular complexity index is 568. The summed E-state index contributed by atoms with van der Waals surface area (Å²) < 4.78 is 0. The van der Waals surface area contributed by atoms with Gasteiger partial charge in [-0.2, -0.15) is 0 Å². The van der Waals surface area contributed by atoms with Crippen molar-refractivity contribution in [1.82, 2.24) is 4.98 Å². The zero-order valence-corrected chi connectivity index (χ0v) is 10.9. The molecule has 2 aromatic rings. The van der Waals surface area contributed by atoms with Crippen LogP contribution in [0, 0.1) is 0 Å². The molecule has 1 aliphatic rings. The molecule has 0 radical (unpaired) electrons. The van der Waals surface area contributed by atoms with E-state index in [0.29, 0.717) is 0 Å². The Morgan fingerprint density at radius 2 is 2.00 bits per heavy atom. The first-order valence-corrected chi connectivity index (χ1v) is 6.80. The first kappa shape index (κ1) is 12.2. The van der Waals surface area contributed by atoms with Crippen molar-refractivity contribution >= 4 is 11.5 Å². The number of pyridine rings is 1. The normalized spacial score (nSPS) is 14.9. The predicted octanol–water partition coefficient (Wildman–Crippen LogP) is 3.05. The average Bonchev–Trinajstić information content (AvgIpc) is 2.69. The van der Waals surface area contributed by atoms with Crippen molar-refractivity contribution in [2.45, 2.75) is 25.9 Å². The standard InChI is InChI=1S/C16H18N2O/c19-12-14-8-5-10-17-16(14)18-11-4-3-7-13-6-1-2-9-15(13)18/h1-2,5-6,8-10,19H,3-4,7,11-12H2. The highest BCUT2D eigenvalue weighted by Gasteiger charge is 2.19. The van der Waals surface area contributed by atoms with Crippen molar-refractivity contribution in [2.24, 2.45) is 0 Å². The summed E-state index contributed by atoms with van der Waals surface area (Å²) in [5.41, 5.74) is 3.49. The zero-order chi connectivity index (χ0) is 13.1.